The van der Waals surface area contributed by atoms with Crippen LogP contribution in [0.15, 0.2) is 0 Å². The van der Waals surface area contributed by atoms with Crippen molar-refractivity contribution in [3.63, 3.8) is 0 Å². The maximum atomic E-state index is 6.30. The zero-order valence-electron chi connectivity index (χ0n) is 9.47. The van der Waals surface area contributed by atoms with E-state index in [4.69, 9.17) is 5.73 Å². The first-order chi connectivity index (χ1) is 6.73. The van der Waals surface area contributed by atoms with Crippen LogP contribution in [0.4, 0.5) is 0 Å². The standard InChI is InChI=1S/C12H24N2/c1-2-3-9-14(11-5-6-11)10-12(13)7-4-8-12/h11H,2-10,13H2,1H3. The fourth-order valence-electron chi connectivity index (χ4n) is 2.39. The highest BCUT2D eigenvalue weighted by atomic mass is 15.2. The molecule has 2 aliphatic rings. The second-order valence-electron chi connectivity index (χ2n) is 5.27. The van der Waals surface area contributed by atoms with Crippen molar-refractivity contribution < 1.29 is 0 Å². The third kappa shape index (κ3) is 2.48. The van der Waals surface area contributed by atoms with E-state index in [1.807, 2.05) is 0 Å². The van der Waals surface area contributed by atoms with Crippen LogP contribution < -0.4 is 5.73 Å². The van der Waals surface area contributed by atoms with Gasteiger partial charge in [0.25, 0.3) is 0 Å². The molecule has 2 fully saturated rings. The third-order valence-electron chi connectivity index (χ3n) is 3.73. The average Bonchev–Trinajstić information content (AvgIpc) is 2.92. The molecule has 0 aromatic rings. The smallest absolute Gasteiger partial charge is 0.0283 e. The summed E-state index contributed by atoms with van der Waals surface area (Å²) in [6.07, 6.45) is 9.33. The molecule has 82 valence electrons. The predicted molar refractivity (Wildman–Crippen MR) is 60.3 cm³/mol. The average molecular weight is 196 g/mol. The lowest BCUT2D eigenvalue weighted by Crippen LogP contribution is -2.55. The lowest BCUT2D eigenvalue weighted by Gasteiger charge is -2.42. The van der Waals surface area contributed by atoms with Gasteiger partial charge in [-0.05, 0) is 45.1 Å². The molecular formula is C12H24N2. The molecule has 0 aromatic carbocycles. The Hall–Kier alpha value is -0.0800. The van der Waals surface area contributed by atoms with Crippen LogP contribution in [0.1, 0.15) is 51.9 Å². The van der Waals surface area contributed by atoms with Gasteiger partial charge in [0.1, 0.15) is 0 Å². The van der Waals surface area contributed by atoms with Crippen LogP contribution in [0, 0.1) is 0 Å². The van der Waals surface area contributed by atoms with Gasteiger partial charge in [-0.15, -0.1) is 0 Å². The highest BCUT2D eigenvalue weighted by Gasteiger charge is 2.38. The van der Waals surface area contributed by atoms with Crippen molar-refractivity contribution in [2.45, 2.75) is 63.5 Å². The van der Waals surface area contributed by atoms with Crippen molar-refractivity contribution in [1.82, 2.24) is 4.90 Å². The molecule has 2 saturated carbocycles. The predicted octanol–water partition coefficient (Wildman–Crippen LogP) is 2.13. The Morgan fingerprint density at radius 3 is 2.50 bits per heavy atom. The molecule has 0 aliphatic heterocycles. The van der Waals surface area contributed by atoms with E-state index in [2.05, 4.69) is 11.8 Å². The van der Waals surface area contributed by atoms with E-state index in [9.17, 15) is 0 Å². The van der Waals surface area contributed by atoms with Crippen LogP contribution in [-0.4, -0.2) is 29.6 Å². The third-order valence-corrected chi connectivity index (χ3v) is 3.73. The van der Waals surface area contributed by atoms with Crippen molar-refractivity contribution in [1.29, 1.82) is 0 Å². The van der Waals surface area contributed by atoms with Crippen LogP contribution in [-0.2, 0) is 0 Å². The van der Waals surface area contributed by atoms with Crippen LogP contribution >= 0.6 is 0 Å². The Bertz CT molecular complexity index is 183. The Labute approximate surface area is 87.8 Å². The number of rotatable bonds is 6. The Kier molecular flexibility index (Phi) is 3.13. The van der Waals surface area contributed by atoms with Crippen LogP contribution in [0.3, 0.4) is 0 Å². The fourth-order valence-corrected chi connectivity index (χ4v) is 2.39. The molecule has 2 nitrogen and oxygen atoms in total. The number of hydrogen-bond donors (Lipinski definition) is 1. The number of nitrogens with two attached hydrogens (primary N) is 1. The van der Waals surface area contributed by atoms with E-state index >= 15 is 0 Å². The van der Waals surface area contributed by atoms with Crippen LogP contribution in [0.25, 0.3) is 0 Å². The molecular weight excluding hydrogens is 172 g/mol. The van der Waals surface area contributed by atoms with Crippen molar-refractivity contribution in [2.75, 3.05) is 13.1 Å². The normalized spacial score (nSPS) is 25.1. The summed E-state index contributed by atoms with van der Waals surface area (Å²) in [5, 5.41) is 0. The molecule has 2 heteroatoms. The van der Waals surface area contributed by atoms with Crippen molar-refractivity contribution in [2.24, 2.45) is 5.73 Å². The summed E-state index contributed by atoms with van der Waals surface area (Å²) in [5.74, 6) is 0. The van der Waals surface area contributed by atoms with E-state index in [0.29, 0.717) is 0 Å². The summed E-state index contributed by atoms with van der Waals surface area (Å²) < 4.78 is 0. The maximum Gasteiger partial charge on any atom is 0.0283 e. The summed E-state index contributed by atoms with van der Waals surface area (Å²) in [5.41, 5.74) is 6.49. The second-order valence-corrected chi connectivity index (χ2v) is 5.27. The van der Waals surface area contributed by atoms with Gasteiger partial charge < -0.3 is 5.73 Å². The van der Waals surface area contributed by atoms with Crippen molar-refractivity contribution >= 4 is 0 Å². The van der Waals surface area contributed by atoms with E-state index in [0.717, 1.165) is 12.6 Å². The van der Waals surface area contributed by atoms with E-state index < -0.39 is 0 Å². The summed E-state index contributed by atoms with van der Waals surface area (Å²) in [6.45, 7) is 4.71. The lowest BCUT2D eigenvalue weighted by molar-refractivity contribution is 0.137. The first kappa shape index (κ1) is 10.4. The largest absolute Gasteiger partial charge is 0.324 e. The van der Waals surface area contributed by atoms with Gasteiger partial charge in [0.15, 0.2) is 0 Å². The summed E-state index contributed by atoms with van der Waals surface area (Å²) >= 11 is 0. The molecule has 0 bridgehead atoms. The molecule has 0 radical (unpaired) electrons. The SMILES string of the molecule is CCCCN(CC1(N)CCC1)C1CC1. The van der Waals surface area contributed by atoms with Crippen LogP contribution in [0.5, 0.6) is 0 Å². The van der Waals surface area contributed by atoms with E-state index in [1.165, 1.54) is 51.5 Å². The van der Waals surface area contributed by atoms with Gasteiger partial charge >= 0.3 is 0 Å². The monoisotopic (exact) mass is 196 g/mol. The Balaban J connectivity index is 1.77. The van der Waals surface area contributed by atoms with Gasteiger partial charge in [0.2, 0.25) is 0 Å². The minimum absolute atomic E-state index is 0.191. The molecule has 0 saturated heterocycles. The molecule has 2 N–H and O–H groups in total. The summed E-state index contributed by atoms with van der Waals surface area (Å²) in [7, 11) is 0. The molecule has 2 rings (SSSR count). The highest BCUT2D eigenvalue weighted by Crippen LogP contribution is 2.34. The maximum absolute atomic E-state index is 6.30. The zero-order valence-corrected chi connectivity index (χ0v) is 9.47. The van der Waals surface area contributed by atoms with Gasteiger partial charge in [0, 0.05) is 18.1 Å². The van der Waals surface area contributed by atoms with Crippen LogP contribution in [0.2, 0.25) is 0 Å². The molecule has 0 spiro atoms. The minimum Gasteiger partial charge on any atom is -0.324 e. The lowest BCUT2D eigenvalue weighted by atomic mass is 9.77. The summed E-state index contributed by atoms with van der Waals surface area (Å²) in [4.78, 5) is 2.66. The molecule has 0 amide bonds. The first-order valence-electron chi connectivity index (χ1n) is 6.26. The van der Waals surface area contributed by atoms with E-state index in [-0.39, 0.29) is 5.54 Å². The van der Waals surface area contributed by atoms with E-state index in [1.54, 1.807) is 0 Å². The van der Waals surface area contributed by atoms with Gasteiger partial charge in [-0.1, -0.05) is 13.3 Å². The van der Waals surface area contributed by atoms with Crippen molar-refractivity contribution in [3.8, 4) is 0 Å². The molecule has 0 heterocycles. The zero-order chi connectivity index (χ0) is 10.0. The Morgan fingerprint density at radius 2 is 2.07 bits per heavy atom. The summed E-state index contributed by atoms with van der Waals surface area (Å²) in [6, 6.07) is 0.891. The first-order valence-corrected chi connectivity index (χ1v) is 6.26. The number of unbranched alkanes of at least 4 members (excludes halogenated alkanes) is 1. The highest BCUT2D eigenvalue weighted by molar-refractivity contribution is 4.98. The molecule has 0 aromatic heterocycles. The topological polar surface area (TPSA) is 29.3 Å². The van der Waals surface area contributed by atoms with Gasteiger partial charge in [-0.25, -0.2) is 0 Å². The molecule has 14 heavy (non-hydrogen) atoms. The van der Waals surface area contributed by atoms with Gasteiger partial charge in [-0.2, -0.15) is 0 Å². The fraction of sp³-hybridized carbons (Fsp3) is 1.00. The molecule has 0 unspecified atom stereocenters. The Morgan fingerprint density at radius 1 is 1.36 bits per heavy atom. The second kappa shape index (κ2) is 4.19. The number of hydrogen-bond acceptors (Lipinski definition) is 2. The van der Waals surface area contributed by atoms with Gasteiger partial charge in [0.05, 0.1) is 0 Å². The van der Waals surface area contributed by atoms with Gasteiger partial charge in [-0.3, -0.25) is 4.90 Å². The number of nitrogens with zero attached hydrogens (tertiary/aromatic N) is 1. The quantitative estimate of drug-likeness (QED) is 0.705. The minimum atomic E-state index is 0.191. The molecule has 2 aliphatic carbocycles. The van der Waals surface area contributed by atoms with Crippen molar-refractivity contribution in [3.05, 3.63) is 0 Å². The molecule has 0 atom stereocenters.